The highest BCUT2D eigenvalue weighted by Gasteiger charge is 2.34. The summed E-state index contributed by atoms with van der Waals surface area (Å²) in [4.78, 5) is 24.7. The zero-order chi connectivity index (χ0) is 21.5. The Hall–Kier alpha value is -2.30. The second-order valence-corrected chi connectivity index (χ2v) is 7.13. The van der Waals surface area contributed by atoms with Crippen LogP contribution in [0.1, 0.15) is 55.4 Å². The number of amides is 2. The number of methoxy groups -OCH3 is 1. The zero-order valence-electron chi connectivity index (χ0n) is 17.6. The molecule has 0 rings (SSSR count). The van der Waals surface area contributed by atoms with Crippen LogP contribution in [0.3, 0.4) is 0 Å². The third kappa shape index (κ3) is 7.08. The van der Waals surface area contributed by atoms with Gasteiger partial charge in [-0.2, -0.15) is 0 Å². The van der Waals surface area contributed by atoms with Gasteiger partial charge in [0, 0.05) is 17.0 Å². The van der Waals surface area contributed by atoms with Crippen LogP contribution in [0.4, 0.5) is 0 Å². The molecule has 2 amide bonds. The molecule has 0 spiro atoms. The van der Waals surface area contributed by atoms with E-state index in [4.69, 9.17) is 4.74 Å². The molecule has 0 bridgehead atoms. The lowest BCUT2D eigenvalue weighted by Crippen LogP contribution is -2.44. The van der Waals surface area contributed by atoms with Crippen LogP contribution in [-0.2, 0) is 14.3 Å². The Bertz CT molecular complexity index is 510. The van der Waals surface area contributed by atoms with Crippen molar-refractivity contribution >= 4 is 11.8 Å². The van der Waals surface area contributed by atoms with E-state index in [2.05, 4.69) is 10.2 Å². The van der Waals surface area contributed by atoms with Gasteiger partial charge < -0.3 is 15.2 Å². The molecule has 11 heteroatoms. The van der Waals surface area contributed by atoms with E-state index in [0.29, 0.717) is 0 Å². The van der Waals surface area contributed by atoms with Crippen LogP contribution in [-0.4, -0.2) is 69.2 Å². The van der Waals surface area contributed by atoms with Gasteiger partial charge >= 0.3 is 11.8 Å². The maximum absolute atomic E-state index is 12.2. The van der Waals surface area contributed by atoms with Gasteiger partial charge in [-0.15, -0.1) is 10.0 Å². The highest BCUT2D eigenvalue weighted by atomic mass is 16.6. The molecule has 0 atom stereocenters. The number of hydrogen-bond acceptors (Lipinski definition) is 5. The molecule has 0 aliphatic heterocycles. The van der Waals surface area contributed by atoms with Crippen molar-refractivity contribution in [2.75, 3.05) is 7.11 Å². The van der Waals surface area contributed by atoms with Gasteiger partial charge in [-0.25, -0.2) is 0 Å². The fourth-order valence-electron chi connectivity index (χ4n) is 2.67. The van der Waals surface area contributed by atoms with Crippen molar-refractivity contribution in [3.05, 3.63) is 10.4 Å². The van der Waals surface area contributed by atoms with Gasteiger partial charge in [0.05, 0.1) is 34.4 Å². The highest BCUT2D eigenvalue weighted by molar-refractivity contribution is 6.03. The van der Waals surface area contributed by atoms with Crippen molar-refractivity contribution in [1.82, 2.24) is 10.0 Å². The molecule has 0 radical (unpaired) electrons. The fourth-order valence-corrected chi connectivity index (χ4v) is 2.67. The van der Waals surface area contributed by atoms with Crippen molar-refractivity contribution in [3.63, 3.8) is 0 Å². The van der Waals surface area contributed by atoms with Gasteiger partial charge in [-0.3, -0.25) is 9.59 Å². The molecular weight excluding hydrogens is 356 g/mol. The largest absolute Gasteiger partial charge is 0.571 e. The lowest BCUT2D eigenvalue weighted by molar-refractivity contribution is -0.703. The van der Waals surface area contributed by atoms with E-state index in [1.54, 1.807) is 55.4 Å². The number of hydrogen-bond donors (Lipinski definition) is 0. The maximum atomic E-state index is 12.2. The first-order valence-corrected chi connectivity index (χ1v) is 8.89. The average Bonchev–Trinajstić information content (AvgIpc) is 2.45. The lowest BCUT2D eigenvalue weighted by Gasteiger charge is -2.26. The Morgan fingerprint density at radius 2 is 1.00 bits per heavy atom. The Kier molecular flexibility index (Phi) is 9.84. The fraction of sp³-hybridized carbons (Fsp3) is 0.875. The summed E-state index contributed by atoms with van der Waals surface area (Å²) in [6, 6.07) is -0.877. The Labute approximate surface area is 160 Å². The molecule has 11 nitrogen and oxygen atoms in total. The summed E-state index contributed by atoms with van der Waals surface area (Å²) in [6.07, 6.45) is -1.78. The van der Waals surface area contributed by atoms with E-state index in [1.165, 1.54) is 10.0 Å². The topological polar surface area (TPSA) is 127 Å². The van der Waals surface area contributed by atoms with Gasteiger partial charge in [0.15, 0.2) is 0 Å². The van der Waals surface area contributed by atoms with Crippen LogP contribution < -0.4 is 0 Å². The van der Waals surface area contributed by atoms with Crippen molar-refractivity contribution in [2.24, 2.45) is 10.2 Å². The smallest absolute Gasteiger partial charge is 0.351 e. The maximum Gasteiger partial charge on any atom is 0.351 e. The van der Waals surface area contributed by atoms with Crippen LogP contribution in [0.15, 0.2) is 10.2 Å². The van der Waals surface area contributed by atoms with Crippen LogP contribution >= 0.6 is 0 Å². The predicted molar refractivity (Wildman–Crippen MR) is 97.1 cm³/mol. The number of carbonyl (C=O) groups excluding carboxylic acids is 2. The SMILES string of the molecule is COC(C(=O)N=[N+]([O-])N(C(C)C)C(C)C)C(=O)N=[N+]([O-])N(C(C)C)C(C)C. The van der Waals surface area contributed by atoms with E-state index >= 15 is 0 Å². The zero-order valence-corrected chi connectivity index (χ0v) is 17.6. The quantitative estimate of drug-likeness (QED) is 0.256. The summed E-state index contributed by atoms with van der Waals surface area (Å²) < 4.78 is 4.82. The molecule has 0 fully saturated rings. The Morgan fingerprint density at radius 1 is 0.741 bits per heavy atom. The summed E-state index contributed by atoms with van der Waals surface area (Å²) >= 11 is 0. The van der Waals surface area contributed by atoms with Crippen molar-refractivity contribution in [2.45, 2.75) is 85.7 Å². The molecule has 0 saturated heterocycles. The van der Waals surface area contributed by atoms with E-state index in [1.807, 2.05) is 0 Å². The van der Waals surface area contributed by atoms with Gasteiger partial charge in [0.25, 0.3) is 0 Å². The number of carbonyl (C=O) groups is 2. The molecule has 27 heavy (non-hydrogen) atoms. The molecule has 0 unspecified atom stereocenters. The molecule has 0 aromatic rings. The van der Waals surface area contributed by atoms with E-state index in [0.717, 1.165) is 7.11 Å². The third-order valence-corrected chi connectivity index (χ3v) is 3.56. The lowest BCUT2D eigenvalue weighted by atomic mass is 10.3. The van der Waals surface area contributed by atoms with Crippen molar-refractivity contribution < 1.29 is 24.3 Å². The minimum atomic E-state index is -1.78. The molecule has 0 N–H and O–H groups in total. The number of hydrazine groups is 2. The van der Waals surface area contributed by atoms with Crippen molar-refractivity contribution in [1.29, 1.82) is 0 Å². The standard InChI is InChI=1S/C16H32N6O5/c1-10(2)19(11(3)4)21(25)17-15(23)14(27-9)16(24)18-22(26)20(12(5)6)13(7)8/h10-14H,1-9H3. The minimum absolute atomic E-state index is 0.139. The summed E-state index contributed by atoms with van der Waals surface area (Å²) in [6.45, 7) is 14.1. The molecule has 0 heterocycles. The first-order valence-electron chi connectivity index (χ1n) is 8.89. The number of nitrogens with zero attached hydrogens (tertiary/aromatic N) is 6. The second kappa shape index (κ2) is 10.8. The summed E-state index contributed by atoms with van der Waals surface area (Å²) in [7, 11) is 1.10. The molecule has 156 valence electrons. The van der Waals surface area contributed by atoms with Crippen molar-refractivity contribution in [3.8, 4) is 0 Å². The van der Waals surface area contributed by atoms with Gasteiger partial charge in [0.1, 0.15) is 0 Å². The van der Waals surface area contributed by atoms with Crippen LogP contribution in [0.2, 0.25) is 0 Å². The molecule has 0 aromatic heterocycles. The first-order chi connectivity index (χ1) is 12.3. The molecule has 0 aromatic carbocycles. The number of rotatable bonds is 9. The van der Waals surface area contributed by atoms with E-state index in [-0.39, 0.29) is 34.1 Å². The molecule has 0 aliphatic rings. The number of ether oxygens (including phenoxy) is 1. The molecular formula is C16H32N6O5. The van der Waals surface area contributed by atoms with E-state index < -0.39 is 17.9 Å². The Morgan fingerprint density at radius 3 is 1.19 bits per heavy atom. The Balaban J connectivity index is 5.57. The van der Waals surface area contributed by atoms with Crippen LogP contribution in [0, 0.1) is 10.4 Å². The van der Waals surface area contributed by atoms with Gasteiger partial charge in [-0.1, -0.05) is 0 Å². The first kappa shape index (κ1) is 24.7. The summed E-state index contributed by atoms with van der Waals surface area (Å²) in [5.41, 5.74) is 0. The normalized spacial score (nSPS) is 14.3. The summed E-state index contributed by atoms with van der Waals surface area (Å²) in [5.74, 6) is -2.27. The average molecular weight is 388 g/mol. The minimum Gasteiger partial charge on any atom is -0.571 e. The van der Waals surface area contributed by atoms with Crippen LogP contribution in [0.25, 0.3) is 0 Å². The highest BCUT2D eigenvalue weighted by Crippen LogP contribution is 2.09. The van der Waals surface area contributed by atoms with Crippen LogP contribution in [0.5, 0.6) is 0 Å². The summed E-state index contributed by atoms with van der Waals surface area (Å²) in [5, 5.41) is 33.7. The molecule has 0 saturated carbocycles. The second-order valence-electron chi connectivity index (χ2n) is 7.13. The monoisotopic (exact) mass is 388 g/mol. The van der Waals surface area contributed by atoms with E-state index in [9.17, 15) is 20.0 Å². The van der Waals surface area contributed by atoms with Gasteiger partial charge in [-0.05, 0) is 55.4 Å². The third-order valence-electron chi connectivity index (χ3n) is 3.56. The predicted octanol–water partition coefficient (Wildman–Crippen LogP) is 2.05. The van der Waals surface area contributed by atoms with Gasteiger partial charge in [0.2, 0.25) is 6.10 Å². The molecule has 0 aliphatic carbocycles.